The normalized spacial score (nSPS) is 27.0. The molecule has 1 aromatic carbocycles. The average molecular weight is 527 g/mol. The Morgan fingerprint density at radius 2 is 2.03 bits per heavy atom. The summed E-state index contributed by atoms with van der Waals surface area (Å²) in [7, 11) is 0. The fourth-order valence-corrected chi connectivity index (χ4v) is 6.55. The largest absolute Gasteiger partial charge is 0.456 e. The van der Waals surface area contributed by atoms with Gasteiger partial charge in [-0.15, -0.1) is 0 Å². The fourth-order valence-electron chi connectivity index (χ4n) is 6.55. The van der Waals surface area contributed by atoms with Crippen LogP contribution in [-0.2, 0) is 11.2 Å². The first kappa shape index (κ1) is 26.5. The maximum Gasteiger partial charge on any atom is 0.155 e. The highest BCUT2D eigenvalue weighted by Crippen LogP contribution is 2.40. The maximum atomic E-state index is 10.8. The summed E-state index contributed by atoms with van der Waals surface area (Å²) in [5.74, 6) is 2.78. The lowest BCUT2D eigenvalue weighted by Gasteiger charge is -2.29. The highest BCUT2D eigenvalue weighted by molar-refractivity contribution is 6.11. The Morgan fingerprint density at radius 3 is 2.87 bits per heavy atom. The van der Waals surface area contributed by atoms with Gasteiger partial charge in [-0.2, -0.15) is 0 Å². The lowest BCUT2D eigenvalue weighted by atomic mass is 9.80. The van der Waals surface area contributed by atoms with Crippen molar-refractivity contribution in [1.82, 2.24) is 0 Å². The fraction of sp³-hybridized carbons (Fsp3) is 0.529. The molecule has 5 heteroatoms. The van der Waals surface area contributed by atoms with Gasteiger partial charge >= 0.3 is 0 Å². The van der Waals surface area contributed by atoms with Crippen LogP contribution >= 0.6 is 0 Å². The van der Waals surface area contributed by atoms with Crippen LogP contribution in [-0.4, -0.2) is 35.6 Å². The Morgan fingerprint density at radius 1 is 1.13 bits per heavy atom. The molecular weight excluding hydrogens is 484 g/mol. The highest BCUT2D eigenvalue weighted by atomic mass is 16.5. The molecule has 0 saturated heterocycles. The molecule has 206 valence electrons. The number of ether oxygens (including phenoxy) is 1. The number of hydrogen-bond acceptors (Lipinski definition) is 5. The van der Waals surface area contributed by atoms with E-state index in [1.165, 1.54) is 42.2 Å². The zero-order chi connectivity index (χ0) is 26.8. The van der Waals surface area contributed by atoms with E-state index in [4.69, 9.17) is 19.1 Å². The van der Waals surface area contributed by atoms with Crippen molar-refractivity contribution in [3.8, 4) is 0 Å². The van der Waals surface area contributed by atoms with Gasteiger partial charge in [0.1, 0.15) is 17.2 Å². The van der Waals surface area contributed by atoms with Crippen molar-refractivity contribution in [3.63, 3.8) is 0 Å². The van der Waals surface area contributed by atoms with E-state index in [1.807, 2.05) is 6.08 Å². The van der Waals surface area contributed by atoms with Gasteiger partial charge in [0.2, 0.25) is 0 Å². The first-order valence-electron chi connectivity index (χ1n) is 15.2. The third-order valence-electron chi connectivity index (χ3n) is 9.05. The Bertz CT molecular complexity index is 1340. The highest BCUT2D eigenvalue weighted by Gasteiger charge is 2.31. The van der Waals surface area contributed by atoms with Crippen LogP contribution in [0.15, 0.2) is 62.5 Å². The maximum absolute atomic E-state index is 10.8. The summed E-state index contributed by atoms with van der Waals surface area (Å²) >= 11 is 0. The molecule has 0 bridgehead atoms. The second-order valence-electron chi connectivity index (χ2n) is 11.7. The third kappa shape index (κ3) is 5.62. The van der Waals surface area contributed by atoms with Crippen molar-refractivity contribution in [1.29, 1.82) is 0 Å². The lowest BCUT2D eigenvalue weighted by molar-refractivity contribution is 0.0338. The number of aliphatic hydroxyl groups is 1. The summed E-state index contributed by atoms with van der Waals surface area (Å²) in [5.41, 5.74) is 5.76. The summed E-state index contributed by atoms with van der Waals surface area (Å²) in [4.78, 5) is 10.0. The molecule has 5 unspecified atom stereocenters. The van der Waals surface area contributed by atoms with Crippen molar-refractivity contribution >= 4 is 28.6 Å². The number of aliphatic imine (C=N–C) groups is 2. The van der Waals surface area contributed by atoms with Gasteiger partial charge in [-0.05, 0) is 85.8 Å². The van der Waals surface area contributed by atoms with Crippen LogP contribution in [0.4, 0.5) is 0 Å². The van der Waals surface area contributed by atoms with Crippen molar-refractivity contribution in [3.05, 3.63) is 65.0 Å². The van der Waals surface area contributed by atoms with E-state index >= 15 is 0 Å². The van der Waals surface area contributed by atoms with Crippen LogP contribution in [0.5, 0.6) is 0 Å². The minimum atomic E-state index is -0.553. The minimum Gasteiger partial charge on any atom is -0.456 e. The molecule has 6 rings (SSSR count). The van der Waals surface area contributed by atoms with Gasteiger partial charge < -0.3 is 14.3 Å². The standard InChI is InChI=1S/C34H42N2O3/c1-3-5-10-22(4-2)21-38-33-20-29(35-34(36-33)26-13-8-9-14-30(26)37)25-15-16-31-27(18-25)28-17-23-11-6-7-12-24(23)19-32(28)39-31/h7,9,12,14-16,18-19,22-23,26,30,33,37H,3-6,8,10-11,13,17,20-21H2,1-2H3. The molecule has 0 spiro atoms. The Labute approximate surface area is 232 Å². The van der Waals surface area contributed by atoms with Gasteiger partial charge in [0.05, 0.1) is 18.4 Å². The molecule has 2 heterocycles. The predicted molar refractivity (Wildman–Crippen MR) is 159 cm³/mol. The number of amidine groups is 1. The number of benzene rings is 1. The SMILES string of the molecule is CCCCC(CC)COC1CC(c2ccc3oc4c(c3c2)CC2CCC=CC2=C4)=NC(C2CCC=CC2O)=N1. The van der Waals surface area contributed by atoms with Crippen molar-refractivity contribution in [2.75, 3.05) is 6.61 Å². The number of rotatable bonds is 9. The van der Waals surface area contributed by atoms with Crippen molar-refractivity contribution < 1.29 is 14.3 Å². The molecule has 39 heavy (non-hydrogen) atoms. The Hall–Kier alpha value is -2.76. The number of nitrogens with zero attached hydrogens (tertiary/aromatic N) is 2. The number of aliphatic hydroxyl groups excluding tert-OH is 1. The predicted octanol–water partition coefficient (Wildman–Crippen LogP) is 7.82. The lowest BCUT2D eigenvalue weighted by Crippen LogP contribution is -2.34. The molecule has 0 fully saturated rings. The quantitative estimate of drug-likeness (QED) is 0.339. The van der Waals surface area contributed by atoms with E-state index in [2.05, 4.69) is 56.4 Å². The van der Waals surface area contributed by atoms with E-state index in [9.17, 15) is 5.11 Å². The molecule has 2 aromatic rings. The van der Waals surface area contributed by atoms with Crippen molar-refractivity contribution in [2.45, 2.75) is 90.4 Å². The van der Waals surface area contributed by atoms with E-state index < -0.39 is 6.10 Å². The van der Waals surface area contributed by atoms with Crippen LogP contribution in [0.1, 0.15) is 88.5 Å². The van der Waals surface area contributed by atoms with Crippen LogP contribution in [0.3, 0.4) is 0 Å². The number of fused-ring (bicyclic) bond motifs is 4. The monoisotopic (exact) mass is 526 g/mol. The molecule has 5 atom stereocenters. The van der Waals surface area contributed by atoms with Gasteiger partial charge in [-0.25, -0.2) is 9.98 Å². The average Bonchev–Trinajstić information content (AvgIpc) is 3.32. The molecular formula is C34H42N2O3. The number of furan rings is 1. The summed E-state index contributed by atoms with van der Waals surface area (Å²) in [6.07, 6.45) is 20.5. The molecule has 1 aliphatic heterocycles. The zero-order valence-electron chi connectivity index (χ0n) is 23.4. The Kier molecular flexibility index (Phi) is 7.99. The van der Waals surface area contributed by atoms with Gasteiger partial charge in [0.25, 0.3) is 0 Å². The number of hydrogen-bond donors (Lipinski definition) is 1. The van der Waals surface area contributed by atoms with E-state index in [-0.39, 0.29) is 12.1 Å². The molecule has 5 nitrogen and oxygen atoms in total. The Balaban J connectivity index is 1.30. The molecule has 3 aliphatic carbocycles. The first-order valence-corrected chi connectivity index (χ1v) is 15.2. The molecule has 0 saturated carbocycles. The number of unbranched alkanes of at least 4 members (excludes halogenated alkanes) is 1. The van der Waals surface area contributed by atoms with Crippen LogP contribution < -0.4 is 0 Å². The van der Waals surface area contributed by atoms with Crippen LogP contribution in [0, 0.1) is 17.8 Å². The second kappa shape index (κ2) is 11.8. The van der Waals surface area contributed by atoms with Gasteiger partial charge in [-0.3, -0.25) is 0 Å². The molecule has 1 N–H and O–H groups in total. The molecule has 0 radical (unpaired) electrons. The summed E-state index contributed by atoms with van der Waals surface area (Å²) < 4.78 is 12.8. The molecule has 1 aromatic heterocycles. The second-order valence-corrected chi connectivity index (χ2v) is 11.7. The van der Waals surface area contributed by atoms with Gasteiger partial charge in [-0.1, -0.05) is 57.4 Å². The molecule has 4 aliphatic rings. The summed E-state index contributed by atoms with van der Waals surface area (Å²) in [5, 5.41) is 12.0. The zero-order valence-corrected chi connectivity index (χ0v) is 23.4. The van der Waals surface area contributed by atoms with E-state index in [1.54, 1.807) is 0 Å². The minimum absolute atomic E-state index is 0.0909. The number of allylic oxidation sites excluding steroid dienone is 4. The first-order chi connectivity index (χ1) is 19.1. The van der Waals surface area contributed by atoms with E-state index in [0.29, 0.717) is 18.3 Å². The smallest absolute Gasteiger partial charge is 0.155 e. The summed E-state index contributed by atoms with van der Waals surface area (Å²) in [6, 6.07) is 6.49. The molecule has 0 amide bonds. The van der Waals surface area contributed by atoms with Crippen molar-refractivity contribution in [2.24, 2.45) is 27.7 Å². The third-order valence-corrected chi connectivity index (χ3v) is 9.05. The van der Waals surface area contributed by atoms with E-state index in [0.717, 1.165) is 67.2 Å². The van der Waals surface area contributed by atoms with Gasteiger partial charge in [0.15, 0.2) is 6.23 Å². The van der Waals surface area contributed by atoms with Crippen LogP contribution in [0.25, 0.3) is 17.0 Å². The summed E-state index contributed by atoms with van der Waals surface area (Å²) in [6.45, 7) is 5.21. The topological polar surface area (TPSA) is 67.3 Å². The van der Waals surface area contributed by atoms with Gasteiger partial charge in [0, 0.05) is 23.3 Å². The van der Waals surface area contributed by atoms with Crippen LogP contribution in [0.2, 0.25) is 0 Å².